The van der Waals surface area contributed by atoms with Gasteiger partial charge in [-0.2, -0.15) is 0 Å². The van der Waals surface area contributed by atoms with Gasteiger partial charge in [0.25, 0.3) is 0 Å². The van der Waals surface area contributed by atoms with Crippen LogP contribution in [0.2, 0.25) is 5.02 Å². The molecule has 0 amide bonds. The van der Waals surface area contributed by atoms with Gasteiger partial charge < -0.3 is 10.4 Å². The molecule has 0 heterocycles. The van der Waals surface area contributed by atoms with Gasteiger partial charge in [-0.1, -0.05) is 17.7 Å². The zero-order chi connectivity index (χ0) is 14.0. The highest BCUT2D eigenvalue weighted by Gasteiger charge is 2.11. The van der Waals surface area contributed by atoms with Crippen LogP contribution in [0.15, 0.2) is 40.9 Å². The lowest BCUT2D eigenvalue weighted by molar-refractivity contribution is 0.467. The number of hydrogen-bond acceptors (Lipinski definition) is 2. The molecule has 0 saturated heterocycles. The molecule has 2 N–H and O–H groups in total. The Hall–Kier alpha value is -1.26. The van der Waals surface area contributed by atoms with Gasteiger partial charge in [-0.05, 0) is 47.1 Å². The largest absolute Gasteiger partial charge is 0.508 e. The third-order valence-corrected chi connectivity index (χ3v) is 3.97. The first-order valence-corrected chi connectivity index (χ1v) is 6.84. The highest BCUT2D eigenvalue weighted by molar-refractivity contribution is 9.10. The Morgan fingerprint density at radius 1 is 1.26 bits per heavy atom. The van der Waals surface area contributed by atoms with Crippen LogP contribution in [-0.2, 0) is 0 Å². The maximum absolute atomic E-state index is 13.7. The summed E-state index contributed by atoms with van der Waals surface area (Å²) in [6.07, 6.45) is 0. The molecule has 2 rings (SSSR count). The second kappa shape index (κ2) is 5.80. The highest BCUT2D eigenvalue weighted by atomic mass is 79.9. The number of rotatable bonds is 3. The minimum absolute atomic E-state index is 0.0808. The van der Waals surface area contributed by atoms with Crippen LogP contribution < -0.4 is 5.32 Å². The topological polar surface area (TPSA) is 32.3 Å². The smallest absolute Gasteiger partial charge is 0.132 e. The van der Waals surface area contributed by atoms with E-state index in [0.717, 1.165) is 16.2 Å². The van der Waals surface area contributed by atoms with Gasteiger partial charge in [-0.25, -0.2) is 4.39 Å². The zero-order valence-corrected chi connectivity index (χ0v) is 12.5. The fourth-order valence-electron chi connectivity index (χ4n) is 1.78. The van der Waals surface area contributed by atoms with E-state index in [2.05, 4.69) is 21.2 Å². The van der Waals surface area contributed by atoms with Crippen LogP contribution in [0.1, 0.15) is 18.5 Å². The molecule has 2 aromatic carbocycles. The fraction of sp³-hybridized carbons (Fsp3) is 0.143. The standard InChI is InChI=1S/C14H12BrClFNO/c1-8(11-4-3-10(19)7-14(11)17)18-9-2-5-13(16)12(15)6-9/h2-8,18-19H,1H3. The van der Waals surface area contributed by atoms with E-state index in [-0.39, 0.29) is 11.8 Å². The number of phenols is 1. The molecule has 2 nitrogen and oxygen atoms in total. The van der Waals surface area contributed by atoms with Gasteiger partial charge in [0.05, 0.1) is 11.1 Å². The van der Waals surface area contributed by atoms with Crippen molar-refractivity contribution >= 4 is 33.2 Å². The van der Waals surface area contributed by atoms with Crippen molar-refractivity contribution in [2.75, 3.05) is 5.32 Å². The third-order valence-electron chi connectivity index (χ3n) is 2.75. The molecule has 19 heavy (non-hydrogen) atoms. The number of nitrogens with one attached hydrogen (secondary N) is 1. The molecule has 0 fully saturated rings. The molecule has 1 atom stereocenters. The van der Waals surface area contributed by atoms with E-state index in [4.69, 9.17) is 11.6 Å². The Labute approximate surface area is 124 Å². The summed E-state index contributed by atoms with van der Waals surface area (Å²) in [6, 6.07) is 9.31. The minimum Gasteiger partial charge on any atom is -0.508 e. The predicted molar refractivity (Wildman–Crippen MR) is 79.3 cm³/mol. The molecular formula is C14H12BrClFNO. The monoisotopic (exact) mass is 343 g/mol. The number of aromatic hydroxyl groups is 1. The van der Waals surface area contributed by atoms with Crippen molar-refractivity contribution in [3.05, 3.63) is 57.3 Å². The highest BCUT2D eigenvalue weighted by Crippen LogP contribution is 2.29. The number of benzene rings is 2. The van der Waals surface area contributed by atoms with Crippen molar-refractivity contribution in [1.29, 1.82) is 0 Å². The summed E-state index contributed by atoms with van der Waals surface area (Å²) in [5.74, 6) is -0.518. The quantitative estimate of drug-likeness (QED) is 0.810. The predicted octanol–water partition coefficient (Wildman–Crippen LogP) is 5.12. The second-order valence-electron chi connectivity index (χ2n) is 4.20. The first kappa shape index (κ1) is 14.2. The molecular weight excluding hydrogens is 333 g/mol. The summed E-state index contributed by atoms with van der Waals surface area (Å²) in [4.78, 5) is 0. The molecule has 1 unspecified atom stereocenters. The van der Waals surface area contributed by atoms with Crippen LogP contribution in [0.4, 0.5) is 10.1 Å². The van der Waals surface area contributed by atoms with E-state index in [1.54, 1.807) is 12.1 Å². The van der Waals surface area contributed by atoms with Crippen LogP contribution in [0, 0.1) is 5.82 Å². The van der Waals surface area contributed by atoms with Gasteiger partial charge in [0.15, 0.2) is 0 Å². The number of phenolic OH excluding ortho intramolecular Hbond substituents is 1. The lowest BCUT2D eigenvalue weighted by atomic mass is 10.1. The van der Waals surface area contributed by atoms with Crippen molar-refractivity contribution < 1.29 is 9.50 Å². The SMILES string of the molecule is CC(Nc1ccc(Cl)c(Br)c1)c1ccc(O)cc1F. The minimum atomic E-state index is -0.437. The van der Waals surface area contributed by atoms with E-state index < -0.39 is 5.82 Å². The molecule has 2 aromatic rings. The van der Waals surface area contributed by atoms with E-state index in [0.29, 0.717) is 10.6 Å². The van der Waals surface area contributed by atoms with Gasteiger partial charge in [-0.3, -0.25) is 0 Å². The molecule has 0 spiro atoms. The van der Waals surface area contributed by atoms with Crippen LogP contribution in [0.25, 0.3) is 0 Å². The molecule has 0 bridgehead atoms. The van der Waals surface area contributed by atoms with Gasteiger partial charge >= 0.3 is 0 Å². The van der Waals surface area contributed by atoms with E-state index >= 15 is 0 Å². The average molecular weight is 345 g/mol. The van der Waals surface area contributed by atoms with Crippen molar-refractivity contribution in [1.82, 2.24) is 0 Å². The normalized spacial score (nSPS) is 12.2. The lowest BCUT2D eigenvalue weighted by Gasteiger charge is -2.17. The molecule has 5 heteroatoms. The second-order valence-corrected chi connectivity index (χ2v) is 5.46. The molecule has 0 saturated carbocycles. The first-order chi connectivity index (χ1) is 8.97. The maximum Gasteiger partial charge on any atom is 0.132 e. The van der Waals surface area contributed by atoms with E-state index in [9.17, 15) is 9.50 Å². The molecule has 0 aromatic heterocycles. The molecule has 0 aliphatic heterocycles. The molecule has 0 aliphatic carbocycles. The Balaban J connectivity index is 2.20. The summed E-state index contributed by atoms with van der Waals surface area (Å²) in [6.45, 7) is 1.85. The van der Waals surface area contributed by atoms with Crippen molar-refractivity contribution in [2.45, 2.75) is 13.0 Å². The van der Waals surface area contributed by atoms with Crippen LogP contribution in [0.5, 0.6) is 5.75 Å². The van der Waals surface area contributed by atoms with Crippen molar-refractivity contribution in [3.63, 3.8) is 0 Å². The van der Waals surface area contributed by atoms with Gasteiger partial charge in [0.1, 0.15) is 11.6 Å². The van der Waals surface area contributed by atoms with E-state index in [1.165, 1.54) is 6.07 Å². The van der Waals surface area contributed by atoms with Gasteiger partial charge in [0, 0.05) is 21.8 Å². The summed E-state index contributed by atoms with van der Waals surface area (Å²) in [7, 11) is 0. The van der Waals surface area contributed by atoms with Gasteiger partial charge in [-0.15, -0.1) is 0 Å². The number of hydrogen-bond donors (Lipinski definition) is 2. The maximum atomic E-state index is 13.7. The fourth-order valence-corrected chi connectivity index (χ4v) is 2.28. The number of anilines is 1. The zero-order valence-electron chi connectivity index (χ0n) is 10.1. The number of halogens is 3. The third kappa shape index (κ3) is 3.39. The Morgan fingerprint density at radius 2 is 2.00 bits per heavy atom. The molecule has 100 valence electrons. The summed E-state index contributed by atoms with van der Waals surface area (Å²) in [5.41, 5.74) is 1.32. The van der Waals surface area contributed by atoms with Crippen LogP contribution in [0.3, 0.4) is 0 Å². The Bertz CT molecular complexity index is 606. The Kier molecular flexibility index (Phi) is 4.32. The van der Waals surface area contributed by atoms with Crippen molar-refractivity contribution in [2.24, 2.45) is 0 Å². The average Bonchev–Trinajstić information content (AvgIpc) is 2.33. The molecule has 0 aliphatic rings. The summed E-state index contributed by atoms with van der Waals surface area (Å²) >= 11 is 9.25. The van der Waals surface area contributed by atoms with Gasteiger partial charge in [0.2, 0.25) is 0 Å². The van der Waals surface area contributed by atoms with Crippen LogP contribution in [-0.4, -0.2) is 5.11 Å². The summed E-state index contributed by atoms with van der Waals surface area (Å²) < 4.78 is 14.5. The van der Waals surface area contributed by atoms with E-state index in [1.807, 2.05) is 19.1 Å². The summed E-state index contributed by atoms with van der Waals surface area (Å²) in [5, 5.41) is 13.0. The van der Waals surface area contributed by atoms with Crippen molar-refractivity contribution in [3.8, 4) is 5.75 Å². The lowest BCUT2D eigenvalue weighted by Crippen LogP contribution is -2.08. The first-order valence-electron chi connectivity index (χ1n) is 5.67. The molecule has 0 radical (unpaired) electrons. The Morgan fingerprint density at radius 3 is 2.63 bits per heavy atom. The van der Waals surface area contributed by atoms with Crippen LogP contribution >= 0.6 is 27.5 Å².